The lowest BCUT2D eigenvalue weighted by Crippen LogP contribution is -2.13. The van der Waals surface area contributed by atoms with Gasteiger partial charge in [-0.3, -0.25) is 4.79 Å². The SMILES string of the molecule is NC(=O)Cc1noc2ccc(Cl)cc12. The van der Waals surface area contributed by atoms with Crippen LogP contribution in [0.25, 0.3) is 11.0 Å². The van der Waals surface area contributed by atoms with Gasteiger partial charge in [-0.05, 0) is 18.2 Å². The van der Waals surface area contributed by atoms with Crippen molar-refractivity contribution in [1.29, 1.82) is 0 Å². The van der Waals surface area contributed by atoms with Crippen LogP contribution in [-0.2, 0) is 11.2 Å². The number of halogens is 1. The van der Waals surface area contributed by atoms with E-state index in [1.165, 1.54) is 0 Å². The monoisotopic (exact) mass is 210 g/mol. The lowest BCUT2D eigenvalue weighted by Gasteiger charge is -1.91. The molecule has 1 aromatic carbocycles. The molecule has 0 fully saturated rings. The number of hydrogen-bond donors (Lipinski definition) is 1. The maximum absolute atomic E-state index is 10.7. The molecule has 72 valence electrons. The molecule has 0 unspecified atom stereocenters. The number of nitrogens with two attached hydrogens (primary N) is 1. The third-order valence-electron chi connectivity index (χ3n) is 1.85. The highest BCUT2D eigenvalue weighted by atomic mass is 35.5. The molecule has 0 saturated heterocycles. The minimum Gasteiger partial charge on any atom is -0.369 e. The van der Waals surface area contributed by atoms with Crippen molar-refractivity contribution in [2.45, 2.75) is 6.42 Å². The van der Waals surface area contributed by atoms with E-state index in [2.05, 4.69) is 5.16 Å². The fourth-order valence-corrected chi connectivity index (χ4v) is 1.43. The Kier molecular flexibility index (Phi) is 2.13. The van der Waals surface area contributed by atoms with Crippen LogP contribution in [0.3, 0.4) is 0 Å². The first-order valence-corrected chi connectivity index (χ1v) is 4.37. The van der Waals surface area contributed by atoms with Gasteiger partial charge in [-0.15, -0.1) is 0 Å². The Bertz CT molecular complexity index is 493. The maximum Gasteiger partial charge on any atom is 0.223 e. The lowest BCUT2D eigenvalue weighted by atomic mass is 10.2. The van der Waals surface area contributed by atoms with Crippen LogP contribution in [-0.4, -0.2) is 11.1 Å². The smallest absolute Gasteiger partial charge is 0.223 e. The summed E-state index contributed by atoms with van der Waals surface area (Å²) in [6.45, 7) is 0. The molecule has 1 heterocycles. The van der Waals surface area contributed by atoms with Gasteiger partial charge in [0.15, 0.2) is 5.58 Å². The molecule has 1 aromatic heterocycles. The number of benzene rings is 1. The van der Waals surface area contributed by atoms with Crippen molar-refractivity contribution in [3.63, 3.8) is 0 Å². The molecular weight excluding hydrogens is 204 g/mol. The molecule has 2 aromatic rings. The number of fused-ring (bicyclic) bond motifs is 1. The first kappa shape index (κ1) is 9.02. The molecule has 14 heavy (non-hydrogen) atoms. The van der Waals surface area contributed by atoms with Crippen molar-refractivity contribution >= 4 is 28.5 Å². The average Bonchev–Trinajstić information content (AvgIpc) is 2.47. The van der Waals surface area contributed by atoms with Crippen molar-refractivity contribution in [1.82, 2.24) is 5.16 Å². The summed E-state index contributed by atoms with van der Waals surface area (Å²) in [7, 11) is 0. The fraction of sp³-hybridized carbons (Fsp3) is 0.111. The van der Waals surface area contributed by atoms with Gasteiger partial charge in [0.25, 0.3) is 0 Å². The summed E-state index contributed by atoms with van der Waals surface area (Å²) in [6, 6.07) is 5.10. The Balaban J connectivity index is 2.55. The first-order valence-electron chi connectivity index (χ1n) is 3.99. The summed E-state index contributed by atoms with van der Waals surface area (Å²) in [5, 5.41) is 5.05. The van der Waals surface area contributed by atoms with Crippen LogP contribution in [0.15, 0.2) is 22.7 Å². The van der Waals surface area contributed by atoms with Gasteiger partial charge >= 0.3 is 0 Å². The minimum atomic E-state index is -0.444. The van der Waals surface area contributed by atoms with Crippen LogP contribution in [0.5, 0.6) is 0 Å². The van der Waals surface area contributed by atoms with E-state index in [-0.39, 0.29) is 6.42 Å². The van der Waals surface area contributed by atoms with E-state index < -0.39 is 5.91 Å². The predicted octanol–water partition coefficient (Wildman–Crippen LogP) is 1.51. The van der Waals surface area contributed by atoms with Gasteiger partial charge in [0.1, 0.15) is 5.69 Å². The van der Waals surface area contributed by atoms with Crippen molar-refractivity contribution in [3.05, 3.63) is 28.9 Å². The van der Waals surface area contributed by atoms with E-state index >= 15 is 0 Å². The number of aromatic nitrogens is 1. The number of hydrogen-bond acceptors (Lipinski definition) is 3. The Morgan fingerprint density at radius 2 is 2.36 bits per heavy atom. The summed E-state index contributed by atoms with van der Waals surface area (Å²) in [5.74, 6) is -0.444. The summed E-state index contributed by atoms with van der Waals surface area (Å²) in [6.07, 6.45) is 0.0628. The van der Waals surface area contributed by atoms with Crippen LogP contribution >= 0.6 is 11.6 Å². The molecule has 0 atom stereocenters. The van der Waals surface area contributed by atoms with Gasteiger partial charge in [-0.2, -0.15) is 0 Å². The second-order valence-electron chi connectivity index (χ2n) is 2.91. The summed E-state index contributed by atoms with van der Waals surface area (Å²) in [5.41, 5.74) is 6.18. The van der Waals surface area contributed by atoms with E-state index in [0.717, 1.165) is 5.39 Å². The normalized spacial score (nSPS) is 10.6. The largest absolute Gasteiger partial charge is 0.369 e. The Hall–Kier alpha value is -1.55. The van der Waals surface area contributed by atoms with Crippen LogP contribution < -0.4 is 5.73 Å². The second-order valence-corrected chi connectivity index (χ2v) is 3.35. The molecule has 0 aliphatic heterocycles. The zero-order valence-electron chi connectivity index (χ0n) is 7.16. The lowest BCUT2D eigenvalue weighted by molar-refractivity contribution is -0.117. The zero-order valence-corrected chi connectivity index (χ0v) is 7.91. The van der Waals surface area contributed by atoms with Gasteiger partial charge in [0, 0.05) is 10.4 Å². The summed E-state index contributed by atoms with van der Waals surface area (Å²) >= 11 is 5.80. The quantitative estimate of drug-likeness (QED) is 0.817. The summed E-state index contributed by atoms with van der Waals surface area (Å²) in [4.78, 5) is 10.7. The molecule has 0 aliphatic carbocycles. The second kappa shape index (κ2) is 3.31. The number of carbonyl (C=O) groups excluding carboxylic acids is 1. The maximum atomic E-state index is 10.7. The number of primary amides is 1. The number of amides is 1. The number of nitrogens with zero attached hydrogens (tertiary/aromatic N) is 1. The van der Waals surface area contributed by atoms with Crippen molar-refractivity contribution in [2.24, 2.45) is 5.73 Å². The topological polar surface area (TPSA) is 69.1 Å². The first-order chi connectivity index (χ1) is 6.66. The predicted molar refractivity (Wildman–Crippen MR) is 51.9 cm³/mol. The highest BCUT2D eigenvalue weighted by Crippen LogP contribution is 2.22. The molecular formula is C9H7ClN2O2. The molecule has 5 heteroatoms. The van der Waals surface area contributed by atoms with Gasteiger partial charge in [-0.1, -0.05) is 16.8 Å². The molecule has 0 bridgehead atoms. The van der Waals surface area contributed by atoms with E-state index in [1.54, 1.807) is 18.2 Å². The Morgan fingerprint density at radius 3 is 3.07 bits per heavy atom. The van der Waals surface area contributed by atoms with Gasteiger partial charge in [0.05, 0.1) is 6.42 Å². The number of rotatable bonds is 2. The standard InChI is InChI=1S/C9H7ClN2O2/c10-5-1-2-8-6(3-5)7(12-14-8)4-9(11)13/h1-3H,4H2,(H2,11,13). The van der Waals surface area contributed by atoms with Crippen molar-refractivity contribution in [2.75, 3.05) is 0 Å². The number of carbonyl (C=O) groups is 1. The molecule has 2 N–H and O–H groups in total. The van der Waals surface area contributed by atoms with E-state index in [9.17, 15) is 4.79 Å². The molecule has 4 nitrogen and oxygen atoms in total. The molecule has 2 rings (SSSR count). The fourth-order valence-electron chi connectivity index (χ4n) is 1.25. The van der Waals surface area contributed by atoms with Gasteiger partial charge in [-0.25, -0.2) is 0 Å². The minimum absolute atomic E-state index is 0.0628. The van der Waals surface area contributed by atoms with E-state index in [4.69, 9.17) is 21.9 Å². The van der Waals surface area contributed by atoms with Crippen LogP contribution in [0.2, 0.25) is 5.02 Å². The molecule has 0 radical (unpaired) electrons. The average molecular weight is 211 g/mol. The van der Waals surface area contributed by atoms with Gasteiger partial charge in [0.2, 0.25) is 5.91 Å². The molecule has 0 aliphatic rings. The van der Waals surface area contributed by atoms with Crippen LogP contribution in [0.1, 0.15) is 5.69 Å². The summed E-state index contributed by atoms with van der Waals surface area (Å²) < 4.78 is 4.99. The van der Waals surface area contributed by atoms with E-state index in [0.29, 0.717) is 16.3 Å². The van der Waals surface area contributed by atoms with Crippen molar-refractivity contribution in [3.8, 4) is 0 Å². The third kappa shape index (κ3) is 1.56. The van der Waals surface area contributed by atoms with Crippen LogP contribution in [0, 0.1) is 0 Å². The van der Waals surface area contributed by atoms with E-state index in [1.807, 2.05) is 0 Å². The van der Waals surface area contributed by atoms with Gasteiger partial charge < -0.3 is 10.3 Å². The van der Waals surface area contributed by atoms with Crippen LogP contribution in [0.4, 0.5) is 0 Å². The highest BCUT2D eigenvalue weighted by Gasteiger charge is 2.10. The molecule has 1 amide bonds. The molecule has 0 spiro atoms. The zero-order chi connectivity index (χ0) is 10.1. The Morgan fingerprint density at radius 1 is 1.57 bits per heavy atom. The van der Waals surface area contributed by atoms with Crippen molar-refractivity contribution < 1.29 is 9.32 Å². The molecule has 0 saturated carbocycles. The third-order valence-corrected chi connectivity index (χ3v) is 2.08. The Labute approximate surface area is 84.6 Å². The highest BCUT2D eigenvalue weighted by molar-refractivity contribution is 6.31.